The van der Waals surface area contributed by atoms with E-state index in [2.05, 4.69) is 15.2 Å². The Morgan fingerprint density at radius 2 is 1.85 bits per heavy atom. The van der Waals surface area contributed by atoms with Gasteiger partial charge in [-0.25, -0.2) is 4.99 Å². The van der Waals surface area contributed by atoms with Crippen molar-refractivity contribution in [2.24, 2.45) is 16.5 Å². The van der Waals surface area contributed by atoms with Crippen molar-refractivity contribution in [3.05, 3.63) is 46.4 Å². The summed E-state index contributed by atoms with van der Waals surface area (Å²) in [6, 6.07) is 7.32. The number of rotatable bonds is 2. The van der Waals surface area contributed by atoms with Crippen LogP contribution in [0.4, 0.5) is 0 Å². The van der Waals surface area contributed by atoms with E-state index in [0.717, 1.165) is 24.5 Å². The Kier molecular flexibility index (Phi) is 3.31. The van der Waals surface area contributed by atoms with Crippen molar-refractivity contribution in [3.63, 3.8) is 0 Å². The topological polar surface area (TPSA) is 79.7 Å². The molecule has 20 heavy (non-hydrogen) atoms. The average Bonchev–Trinajstić information content (AvgIpc) is 2.96. The number of benzene rings is 1. The third-order valence-corrected chi connectivity index (χ3v) is 4.09. The Bertz CT molecular complexity index is 559. The Labute approximate surface area is 123 Å². The van der Waals surface area contributed by atoms with Gasteiger partial charge in [-0.3, -0.25) is 5.73 Å². The van der Waals surface area contributed by atoms with Gasteiger partial charge in [-0.2, -0.15) is 0 Å². The fraction of sp³-hybridized carbons (Fsp3) is 0.357. The van der Waals surface area contributed by atoms with Gasteiger partial charge in [0.2, 0.25) is 0 Å². The highest BCUT2D eigenvalue weighted by Crippen LogP contribution is 2.31. The zero-order valence-electron chi connectivity index (χ0n) is 11.1. The first-order chi connectivity index (χ1) is 9.61. The normalized spacial score (nSPS) is 26.0. The summed E-state index contributed by atoms with van der Waals surface area (Å²) in [4.78, 5) is 6.57. The summed E-state index contributed by atoms with van der Waals surface area (Å²) in [6.45, 7) is 1.99. The molecule has 6 heteroatoms. The van der Waals surface area contributed by atoms with E-state index in [0.29, 0.717) is 10.7 Å². The molecule has 1 fully saturated rings. The maximum atomic E-state index is 6.44. The number of nitrogens with zero attached hydrogens (tertiary/aromatic N) is 2. The Balaban J connectivity index is 2.00. The minimum Gasteiger partial charge on any atom is -0.396 e. The molecule has 106 valence electrons. The lowest BCUT2D eigenvalue weighted by Crippen LogP contribution is -2.48. The first-order valence-corrected chi connectivity index (χ1v) is 7.09. The maximum Gasteiger partial charge on any atom is 0.179 e. The van der Waals surface area contributed by atoms with Gasteiger partial charge in [0, 0.05) is 23.7 Å². The molecule has 0 spiro atoms. The molecule has 1 aromatic carbocycles. The third-order valence-electron chi connectivity index (χ3n) is 3.84. The number of hydrogen-bond acceptors (Lipinski definition) is 5. The Morgan fingerprint density at radius 3 is 2.50 bits per heavy atom. The Morgan fingerprint density at radius 1 is 1.20 bits per heavy atom. The number of nitrogens with two attached hydrogens (primary N) is 2. The van der Waals surface area contributed by atoms with E-state index in [1.807, 2.05) is 12.1 Å². The lowest BCUT2D eigenvalue weighted by molar-refractivity contribution is 0.378. The van der Waals surface area contributed by atoms with Crippen molar-refractivity contribution < 1.29 is 0 Å². The maximum absolute atomic E-state index is 6.44. The van der Waals surface area contributed by atoms with E-state index in [1.165, 1.54) is 12.8 Å². The Hall–Kier alpha value is -1.72. The fourth-order valence-electron chi connectivity index (χ4n) is 2.66. The van der Waals surface area contributed by atoms with Gasteiger partial charge in [0.15, 0.2) is 5.66 Å². The molecule has 2 aliphatic heterocycles. The zero-order chi connectivity index (χ0) is 14.2. The molecule has 1 saturated heterocycles. The van der Waals surface area contributed by atoms with Crippen molar-refractivity contribution in [2.45, 2.75) is 18.5 Å². The van der Waals surface area contributed by atoms with E-state index in [9.17, 15) is 0 Å². The predicted molar refractivity (Wildman–Crippen MR) is 81.0 cm³/mol. The van der Waals surface area contributed by atoms with E-state index in [1.54, 1.807) is 18.5 Å². The van der Waals surface area contributed by atoms with Crippen LogP contribution < -0.4 is 16.8 Å². The molecule has 5 nitrogen and oxygen atoms in total. The molecule has 3 rings (SSSR count). The van der Waals surface area contributed by atoms with Gasteiger partial charge in [-0.15, -0.1) is 0 Å². The monoisotopic (exact) mass is 291 g/mol. The van der Waals surface area contributed by atoms with Crippen molar-refractivity contribution in [1.82, 2.24) is 10.2 Å². The van der Waals surface area contributed by atoms with E-state index in [-0.39, 0.29) is 0 Å². The van der Waals surface area contributed by atoms with Gasteiger partial charge in [-0.05, 0) is 25.0 Å². The van der Waals surface area contributed by atoms with Crippen molar-refractivity contribution >= 4 is 17.9 Å². The fourth-order valence-corrected chi connectivity index (χ4v) is 2.79. The second-order valence-electron chi connectivity index (χ2n) is 5.13. The molecule has 0 aliphatic carbocycles. The molecule has 2 aliphatic rings. The minimum atomic E-state index is -1.03. The summed E-state index contributed by atoms with van der Waals surface area (Å²) >= 11 is 5.92. The molecule has 2 heterocycles. The quantitative estimate of drug-likeness (QED) is 0.767. The average molecular weight is 292 g/mol. The molecular formula is C14H18ClN5. The van der Waals surface area contributed by atoms with Crippen LogP contribution in [0.25, 0.3) is 0 Å². The van der Waals surface area contributed by atoms with Gasteiger partial charge < -0.3 is 16.0 Å². The van der Waals surface area contributed by atoms with Crippen LogP contribution in [0.2, 0.25) is 5.02 Å². The minimum absolute atomic E-state index is 0.546. The first kappa shape index (κ1) is 13.3. The first-order valence-electron chi connectivity index (χ1n) is 6.71. The summed E-state index contributed by atoms with van der Waals surface area (Å²) in [6.07, 6.45) is 3.97. The summed E-state index contributed by atoms with van der Waals surface area (Å²) < 4.78 is 0. The largest absolute Gasteiger partial charge is 0.396 e. The highest BCUT2D eigenvalue weighted by Gasteiger charge is 2.36. The second kappa shape index (κ2) is 5.00. The van der Waals surface area contributed by atoms with E-state index < -0.39 is 5.66 Å². The predicted octanol–water partition coefficient (Wildman–Crippen LogP) is 1.31. The van der Waals surface area contributed by atoms with Gasteiger partial charge in [0.1, 0.15) is 5.82 Å². The van der Waals surface area contributed by atoms with Crippen LogP contribution in [0, 0.1) is 0 Å². The van der Waals surface area contributed by atoms with Crippen molar-refractivity contribution in [1.29, 1.82) is 0 Å². The second-order valence-corrected chi connectivity index (χ2v) is 5.57. The molecule has 1 aromatic rings. The third kappa shape index (κ3) is 2.13. The van der Waals surface area contributed by atoms with Gasteiger partial charge in [0.25, 0.3) is 0 Å². The summed E-state index contributed by atoms with van der Waals surface area (Å²) in [5.41, 5.74) is 13.1. The summed E-state index contributed by atoms with van der Waals surface area (Å²) in [5.74, 6) is 0.870. The van der Waals surface area contributed by atoms with Gasteiger partial charge in [0.05, 0.1) is 12.0 Å². The molecule has 1 unspecified atom stereocenters. The van der Waals surface area contributed by atoms with Gasteiger partial charge in [-0.1, -0.05) is 23.7 Å². The van der Waals surface area contributed by atoms with Crippen LogP contribution in [-0.4, -0.2) is 24.3 Å². The number of likely N-dealkylation sites (tertiary alicyclic amines) is 1. The van der Waals surface area contributed by atoms with E-state index >= 15 is 0 Å². The number of nitrogens with one attached hydrogen (secondary N) is 1. The number of halogens is 1. The SMILES string of the molecule is NC1=C(N2CCCC2)NC=NC1(N)c1ccc(Cl)cc1. The van der Waals surface area contributed by atoms with Crippen LogP contribution in [0.15, 0.2) is 40.8 Å². The van der Waals surface area contributed by atoms with Crippen LogP contribution >= 0.6 is 11.6 Å². The molecule has 0 amide bonds. The van der Waals surface area contributed by atoms with Crippen LogP contribution in [0.3, 0.4) is 0 Å². The standard InChI is InChI=1S/C14H18ClN5/c15-11-5-3-10(4-6-11)14(17)12(16)13(18-9-19-14)20-7-1-2-8-20/h3-6,9H,1-2,7-8,16-17H2,(H,18,19). The summed E-state index contributed by atoms with van der Waals surface area (Å²) in [5, 5.41) is 3.79. The lowest BCUT2D eigenvalue weighted by Gasteiger charge is -2.34. The zero-order valence-corrected chi connectivity index (χ0v) is 11.9. The summed E-state index contributed by atoms with van der Waals surface area (Å²) in [7, 11) is 0. The molecule has 5 N–H and O–H groups in total. The number of hydrogen-bond donors (Lipinski definition) is 3. The molecule has 1 atom stereocenters. The van der Waals surface area contributed by atoms with Crippen molar-refractivity contribution in [2.75, 3.05) is 13.1 Å². The van der Waals surface area contributed by atoms with Crippen LogP contribution in [0.5, 0.6) is 0 Å². The molecule has 0 bridgehead atoms. The van der Waals surface area contributed by atoms with Gasteiger partial charge >= 0.3 is 0 Å². The smallest absolute Gasteiger partial charge is 0.179 e. The molecular weight excluding hydrogens is 274 g/mol. The highest BCUT2D eigenvalue weighted by atomic mass is 35.5. The number of aliphatic imine (C=N–C) groups is 1. The lowest BCUT2D eigenvalue weighted by atomic mass is 9.96. The van der Waals surface area contributed by atoms with Crippen molar-refractivity contribution in [3.8, 4) is 0 Å². The molecule has 0 aromatic heterocycles. The highest BCUT2D eigenvalue weighted by molar-refractivity contribution is 6.30. The van der Waals surface area contributed by atoms with Crippen LogP contribution in [0.1, 0.15) is 18.4 Å². The molecule has 0 saturated carbocycles. The van der Waals surface area contributed by atoms with Crippen LogP contribution in [-0.2, 0) is 5.66 Å². The molecule has 0 radical (unpaired) electrons. The van der Waals surface area contributed by atoms with E-state index in [4.69, 9.17) is 23.1 Å².